The van der Waals surface area contributed by atoms with Gasteiger partial charge in [-0.3, -0.25) is 4.79 Å². The fourth-order valence-corrected chi connectivity index (χ4v) is 1.65. The first kappa shape index (κ1) is 9.77. The van der Waals surface area contributed by atoms with E-state index in [-0.39, 0.29) is 17.6 Å². The van der Waals surface area contributed by atoms with E-state index in [0.717, 1.165) is 12.8 Å². The van der Waals surface area contributed by atoms with Crippen LogP contribution in [0, 0.1) is 5.92 Å². The van der Waals surface area contributed by atoms with Gasteiger partial charge < -0.3 is 10.4 Å². The summed E-state index contributed by atoms with van der Waals surface area (Å²) in [7, 11) is 0. The van der Waals surface area contributed by atoms with Crippen LogP contribution in [-0.4, -0.2) is 11.0 Å². The number of anilines is 1. The van der Waals surface area contributed by atoms with Gasteiger partial charge in [0.25, 0.3) is 0 Å². The molecule has 3 nitrogen and oxygen atoms in total. The molecule has 15 heavy (non-hydrogen) atoms. The van der Waals surface area contributed by atoms with Crippen molar-refractivity contribution in [2.24, 2.45) is 5.92 Å². The first-order valence-electron chi connectivity index (χ1n) is 5.01. The third kappa shape index (κ3) is 2.18. The highest BCUT2D eigenvalue weighted by molar-refractivity contribution is 5.94. The molecule has 1 aromatic rings. The maximum absolute atomic E-state index is 11.7. The summed E-state index contributed by atoms with van der Waals surface area (Å²) in [4.78, 5) is 11.7. The molecule has 0 atom stereocenters. The van der Waals surface area contributed by atoms with Crippen LogP contribution in [0.25, 0.3) is 0 Å². The number of carbonyl (C=O) groups is 1. The topological polar surface area (TPSA) is 49.3 Å². The Bertz CT molecular complexity index is 390. The van der Waals surface area contributed by atoms with Crippen LogP contribution in [0.2, 0.25) is 0 Å². The number of hydrogen-bond acceptors (Lipinski definition) is 2. The van der Waals surface area contributed by atoms with E-state index in [1.54, 1.807) is 24.3 Å². The van der Waals surface area contributed by atoms with Crippen LogP contribution in [0.5, 0.6) is 5.75 Å². The van der Waals surface area contributed by atoms with E-state index in [2.05, 4.69) is 5.32 Å². The number of carbonyl (C=O) groups excluding carboxylic acids is 1. The van der Waals surface area contributed by atoms with Crippen molar-refractivity contribution >= 4 is 11.6 Å². The normalized spacial score (nSPS) is 15.5. The number of amides is 1. The lowest BCUT2D eigenvalue weighted by Gasteiger charge is -2.11. The van der Waals surface area contributed by atoms with Gasteiger partial charge in [0.1, 0.15) is 5.75 Å². The molecule has 3 heteroatoms. The molecule has 1 aliphatic carbocycles. The summed E-state index contributed by atoms with van der Waals surface area (Å²) in [6, 6.07) is 6.75. The summed E-state index contributed by atoms with van der Waals surface area (Å²) < 4.78 is 0. The molecule has 2 rings (SSSR count). The van der Waals surface area contributed by atoms with Gasteiger partial charge in [0, 0.05) is 5.92 Å². The molecule has 1 aromatic carbocycles. The molecule has 0 radical (unpaired) electrons. The Morgan fingerprint density at radius 3 is 2.60 bits per heavy atom. The molecule has 0 aliphatic heterocycles. The molecule has 1 amide bonds. The number of nitrogens with one attached hydrogen (secondary N) is 1. The Balaban J connectivity index is 2.02. The van der Waals surface area contributed by atoms with E-state index in [1.807, 2.05) is 12.2 Å². The summed E-state index contributed by atoms with van der Waals surface area (Å²) in [5, 5.41) is 12.2. The lowest BCUT2D eigenvalue weighted by atomic mass is 10.1. The zero-order valence-electron chi connectivity index (χ0n) is 8.31. The molecular formula is C12H13NO2. The Hall–Kier alpha value is -1.77. The quantitative estimate of drug-likeness (QED) is 0.572. The van der Waals surface area contributed by atoms with Crippen LogP contribution >= 0.6 is 0 Å². The van der Waals surface area contributed by atoms with Crippen LogP contribution < -0.4 is 5.32 Å². The van der Waals surface area contributed by atoms with Gasteiger partial charge in [-0.05, 0) is 25.0 Å². The first-order chi connectivity index (χ1) is 7.27. The predicted octanol–water partition coefficient (Wildman–Crippen LogP) is 2.30. The lowest BCUT2D eigenvalue weighted by Crippen LogP contribution is -2.20. The Morgan fingerprint density at radius 1 is 1.27 bits per heavy atom. The zero-order chi connectivity index (χ0) is 10.7. The minimum Gasteiger partial charge on any atom is -0.506 e. The van der Waals surface area contributed by atoms with E-state index in [9.17, 15) is 9.90 Å². The van der Waals surface area contributed by atoms with Gasteiger partial charge in [-0.1, -0.05) is 24.3 Å². The second-order valence-corrected chi connectivity index (χ2v) is 3.65. The molecular weight excluding hydrogens is 190 g/mol. The van der Waals surface area contributed by atoms with Crippen molar-refractivity contribution < 1.29 is 9.90 Å². The summed E-state index contributed by atoms with van der Waals surface area (Å²) in [6.07, 6.45) is 5.60. The van der Waals surface area contributed by atoms with Crippen molar-refractivity contribution in [3.05, 3.63) is 36.4 Å². The van der Waals surface area contributed by atoms with E-state index >= 15 is 0 Å². The lowest BCUT2D eigenvalue weighted by molar-refractivity contribution is -0.119. The average molecular weight is 203 g/mol. The maximum Gasteiger partial charge on any atom is 0.228 e. The molecule has 0 aromatic heterocycles. The average Bonchev–Trinajstić information content (AvgIpc) is 2.74. The number of phenols is 1. The zero-order valence-corrected chi connectivity index (χ0v) is 8.31. The Labute approximate surface area is 88.4 Å². The smallest absolute Gasteiger partial charge is 0.228 e. The van der Waals surface area contributed by atoms with Crippen LogP contribution in [0.3, 0.4) is 0 Å². The number of hydrogen-bond donors (Lipinski definition) is 2. The van der Waals surface area contributed by atoms with Crippen LogP contribution in [0.15, 0.2) is 36.4 Å². The van der Waals surface area contributed by atoms with Gasteiger partial charge in [-0.2, -0.15) is 0 Å². The van der Waals surface area contributed by atoms with Gasteiger partial charge in [0.05, 0.1) is 5.69 Å². The molecule has 1 aliphatic rings. The molecule has 2 N–H and O–H groups in total. The first-order valence-corrected chi connectivity index (χ1v) is 5.01. The third-order valence-electron chi connectivity index (χ3n) is 2.54. The van der Waals surface area contributed by atoms with Crippen molar-refractivity contribution in [3.63, 3.8) is 0 Å². The van der Waals surface area contributed by atoms with Crippen LogP contribution in [-0.2, 0) is 4.79 Å². The van der Waals surface area contributed by atoms with E-state index in [4.69, 9.17) is 0 Å². The van der Waals surface area contributed by atoms with Crippen molar-refractivity contribution in [2.45, 2.75) is 12.8 Å². The van der Waals surface area contributed by atoms with E-state index < -0.39 is 0 Å². The minimum atomic E-state index is -0.0264. The second-order valence-electron chi connectivity index (χ2n) is 3.65. The van der Waals surface area contributed by atoms with Gasteiger partial charge >= 0.3 is 0 Å². The molecule has 0 fully saturated rings. The predicted molar refractivity (Wildman–Crippen MR) is 58.6 cm³/mol. The van der Waals surface area contributed by atoms with Gasteiger partial charge in [0.15, 0.2) is 0 Å². The van der Waals surface area contributed by atoms with E-state index in [1.165, 1.54) is 0 Å². The number of phenolic OH excluding ortho intramolecular Hbond substituents is 1. The SMILES string of the molecule is O=C(Nc1ccccc1O)C1CC=CC1. The summed E-state index contributed by atoms with van der Waals surface area (Å²) in [5.74, 6) is 0.0999. The van der Waals surface area contributed by atoms with Crippen LogP contribution in [0.1, 0.15) is 12.8 Å². The molecule has 0 saturated carbocycles. The molecule has 0 spiro atoms. The Morgan fingerprint density at radius 2 is 1.93 bits per heavy atom. The summed E-state index contributed by atoms with van der Waals surface area (Å²) in [6.45, 7) is 0. The fraction of sp³-hybridized carbons (Fsp3) is 0.250. The highest BCUT2D eigenvalue weighted by atomic mass is 16.3. The summed E-state index contributed by atoms with van der Waals surface area (Å²) >= 11 is 0. The highest BCUT2D eigenvalue weighted by Gasteiger charge is 2.19. The van der Waals surface area contributed by atoms with Crippen molar-refractivity contribution in [3.8, 4) is 5.75 Å². The second kappa shape index (κ2) is 4.17. The number of benzene rings is 1. The van der Waals surface area contributed by atoms with E-state index in [0.29, 0.717) is 5.69 Å². The number of para-hydroxylation sites is 2. The monoisotopic (exact) mass is 203 g/mol. The molecule has 0 saturated heterocycles. The fourth-order valence-electron chi connectivity index (χ4n) is 1.65. The van der Waals surface area contributed by atoms with Gasteiger partial charge in [0.2, 0.25) is 5.91 Å². The third-order valence-corrected chi connectivity index (χ3v) is 2.54. The van der Waals surface area contributed by atoms with Crippen molar-refractivity contribution in [1.29, 1.82) is 0 Å². The largest absolute Gasteiger partial charge is 0.506 e. The van der Waals surface area contributed by atoms with Crippen LogP contribution in [0.4, 0.5) is 5.69 Å². The summed E-state index contributed by atoms with van der Waals surface area (Å²) in [5.41, 5.74) is 0.481. The highest BCUT2D eigenvalue weighted by Crippen LogP contribution is 2.24. The molecule has 0 unspecified atom stereocenters. The number of aromatic hydroxyl groups is 1. The number of rotatable bonds is 2. The van der Waals surface area contributed by atoms with Gasteiger partial charge in [-0.15, -0.1) is 0 Å². The van der Waals surface area contributed by atoms with Crippen molar-refractivity contribution in [1.82, 2.24) is 0 Å². The number of allylic oxidation sites excluding steroid dienone is 2. The molecule has 0 bridgehead atoms. The van der Waals surface area contributed by atoms with Gasteiger partial charge in [-0.25, -0.2) is 0 Å². The molecule has 0 heterocycles. The van der Waals surface area contributed by atoms with Crippen molar-refractivity contribution in [2.75, 3.05) is 5.32 Å². The maximum atomic E-state index is 11.7. The minimum absolute atomic E-state index is 0.0182. The molecule has 78 valence electrons. The Kier molecular flexibility index (Phi) is 2.72. The standard InChI is InChI=1S/C12H13NO2/c14-11-8-4-3-7-10(11)13-12(15)9-5-1-2-6-9/h1-4,7-9,14H,5-6H2,(H,13,15).